The van der Waals surface area contributed by atoms with Crippen LogP contribution in [0.4, 0.5) is 0 Å². The lowest BCUT2D eigenvalue weighted by molar-refractivity contribution is -0.152. The quantitative estimate of drug-likeness (QED) is 0.468. The van der Waals surface area contributed by atoms with Crippen molar-refractivity contribution in [3.8, 4) is 0 Å². The summed E-state index contributed by atoms with van der Waals surface area (Å²) in [5.74, 6) is -0.445. The van der Waals surface area contributed by atoms with Crippen LogP contribution < -0.4 is 5.32 Å². The van der Waals surface area contributed by atoms with E-state index in [-0.39, 0.29) is 12.4 Å². The van der Waals surface area contributed by atoms with Crippen molar-refractivity contribution in [1.29, 1.82) is 0 Å². The van der Waals surface area contributed by atoms with E-state index in [1.807, 2.05) is 20.8 Å². The second kappa shape index (κ2) is 11.8. The van der Waals surface area contributed by atoms with Crippen molar-refractivity contribution in [3.05, 3.63) is 94.3 Å². The predicted molar refractivity (Wildman–Crippen MR) is 145 cm³/mol. The molecule has 0 radical (unpaired) electrons. The van der Waals surface area contributed by atoms with Crippen molar-refractivity contribution in [2.45, 2.75) is 58.5 Å². The molecular weight excluding hydrogens is 464 g/mol. The van der Waals surface area contributed by atoms with Gasteiger partial charge in [-0.1, -0.05) is 60.7 Å². The van der Waals surface area contributed by atoms with Gasteiger partial charge in [0.05, 0.1) is 17.8 Å². The first-order chi connectivity index (χ1) is 17.8. The Morgan fingerprint density at radius 3 is 2.08 bits per heavy atom. The van der Waals surface area contributed by atoms with Crippen LogP contribution in [-0.4, -0.2) is 48.7 Å². The number of nitrogens with one attached hydrogen (secondary N) is 1. The summed E-state index contributed by atoms with van der Waals surface area (Å²) < 4.78 is 11.3. The van der Waals surface area contributed by atoms with E-state index in [9.17, 15) is 9.59 Å². The summed E-state index contributed by atoms with van der Waals surface area (Å²) in [4.78, 5) is 28.0. The van der Waals surface area contributed by atoms with E-state index >= 15 is 0 Å². The molecule has 0 amide bonds. The SMILES string of the molecule is CCOC(=O)C1=C(C)NC(C)=C(C(=O)O[C@]2(C)CCN(CCC(c3ccccc3)c3ccccc3)C2)C1. The number of ether oxygens (including phenoxy) is 2. The number of rotatable bonds is 9. The van der Waals surface area contributed by atoms with Crippen molar-refractivity contribution in [1.82, 2.24) is 10.2 Å². The predicted octanol–water partition coefficient (Wildman–Crippen LogP) is 5.32. The summed E-state index contributed by atoms with van der Waals surface area (Å²) in [7, 11) is 0. The minimum absolute atomic E-state index is 0.220. The molecule has 2 heterocycles. The molecule has 1 atom stereocenters. The van der Waals surface area contributed by atoms with Crippen molar-refractivity contribution in [3.63, 3.8) is 0 Å². The van der Waals surface area contributed by atoms with Gasteiger partial charge >= 0.3 is 11.9 Å². The number of nitrogens with zero attached hydrogens (tertiary/aromatic N) is 1. The molecule has 37 heavy (non-hydrogen) atoms. The van der Waals surface area contributed by atoms with Gasteiger partial charge < -0.3 is 14.8 Å². The largest absolute Gasteiger partial charge is 0.463 e. The van der Waals surface area contributed by atoms with Crippen molar-refractivity contribution in [2.24, 2.45) is 0 Å². The third-order valence-corrected chi connectivity index (χ3v) is 7.39. The number of hydrogen-bond acceptors (Lipinski definition) is 6. The molecule has 0 spiro atoms. The van der Waals surface area contributed by atoms with Crippen LogP contribution in [0.5, 0.6) is 0 Å². The molecule has 0 saturated carbocycles. The minimum atomic E-state index is -0.570. The molecule has 1 saturated heterocycles. The molecule has 6 nitrogen and oxygen atoms in total. The maximum atomic E-state index is 13.2. The van der Waals surface area contributed by atoms with Crippen molar-refractivity contribution in [2.75, 3.05) is 26.2 Å². The second-order valence-corrected chi connectivity index (χ2v) is 10.3. The highest BCUT2D eigenvalue weighted by Gasteiger charge is 2.39. The number of dihydropyridines is 1. The van der Waals surface area contributed by atoms with Crippen LogP contribution in [0.15, 0.2) is 83.2 Å². The number of hydrogen-bond donors (Lipinski definition) is 1. The van der Waals surface area contributed by atoms with Crippen LogP contribution in [0, 0.1) is 0 Å². The Balaban J connectivity index is 1.38. The van der Waals surface area contributed by atoms with Crippen LogP contribution in [0.1, 0.15) is 64.0 Å². The van der Waals surface area contributed by atoms with E-state index in [4.69, 9.17) is 9.47 Å². The Kier molecular flexibility index (Phi) is 8.49. The van der Waals surface area contributed by atoms with Crippen LogP contribution in [0.25, 0.3) is 0 Å². The maximum absolute atomic E-state index is 13.2. The standard InChI is InChI=1S/C31H38N2O4/c1-5-36-29(34)27-20-28(23(3)32-22(27)2)30(35)37-31(4)17-19-33(21-31)18-16-26(24-12-8-6-9-13-24)25-14-10-7-11-15-25/h6-15,26,32H,5,16-21H2,1-4H3/t31-/m1/s1. The summed E-state index contributed by atoms with van der Waals surface area (Å²) in [6.45, 7) is 10.2. The van der Waals surface area contributed by atoms with E-state index in [0.717, 1.165) is 37.3 Å². The van der Waals surface area contributed by atoms with Crippen LogP contribution in [0.2, 0.25) is 0 Å². The Morgan fingerprint density at radius 2 is 1.51 bits per heavy atom. The fourth-order valence-electron chi connectivity index (χ4n) is 5.34. The zero-order valence-electron chi connectivity index (χ0n) is 22.4. The Labute approximate surface area is 220 Å². The van der Waals surface area contributed by atoms with Crippen molar-refractivity contribution >= 4 is 11.9 Å². The molecule has 1 N–H and O–H groups in total. The first kappa shape index (κ1) is 26.7. The summed E-state index contributed by atoms with van der Waals surface area (Å²) >= 11 is 0. The summed E-state index contributed by atoms with van der Waals surface area (Å²) in [6, 6.07) is 21.3. The molecule has 2 aliphatic rings. The molecule has 0 unspecified atom stereocenters. The second-order valence-electron chi connectivity index (χ2n) is 10.3. The number of likely N-dealkylation sites (tertiary alicyclic amines) is 1. The summed E-state index contributed by atoms with van der Waals surface area (Å²) in [5, 5.41) is 3.16. The summed E-state index contributed by atoms with van der Waals surface area (Å²) in [6.07, 6.45) is 1.98. The lowest BCUT2D eigenvalue weighted by atomic mass is 9.88. The van der Waals surface area contributed by atoms with E-state index in [1.54, 1.807) is 6.92 Å². The fraction of sp³-hybridized carbons (Fsp3) is 0.419. The first-order valence-electron chi connectivity index (χ1n) is 13.2. The number of carbonyl (C=O) groups excluding carboxylic acids is 2. The first-order valence-corrected chi connectivity index (χ1v) is 13.2. The highest BCUT2D eigenvalue weighted by Crippen LogP contribution is 2.32. The molecule has 0 bridgehead atoms. The van der Waals surface area contributed by atoms with Crippen LogP contribution >= 0.6 is 0 Å². The third-order valence-electron chi connectivity index (χ3n) is 7.39. The number of allylic oxidation sites excluding steroid dienone is 2. The highest BCUT2D eigenvalue weighted by atomic mass is 16.6. The van der Waals surface area contributed by atoms with Gasteiger partial charge in [-0.2, -0.15) is 0 Å². The Bertz CT molecular complexity index is 1130. The fourth-order valence-corrected chi connectivity index (χ4v) is 5.34. The third kappa shape index (κ3) is 6.50. The highest BCUT2D eigenvalue weighted by molar-refractivity contribution is 5.96. The molecular formula is C31H38N2O4. The van der Waals surface area contributed by atoms with E-state index < -0.39 is 11.6 Å². The van der Waals surface area contributed by atoms with Gasteiger partial charge in [0.15, 0.2) is 0 Å². The summed E-state index contributed by atoms with van der Waals surface area (Å²) in [5.41, 5.74) is 4.47. The average molecular weight is 503 g/mol. The minimum Gasteiger partial charge on any atom is -0.463 e. The van der Waals surface area contributed by atoms with Crippen molar-refractivity contribution < 1.29 is 19.1 Å². The van der Waals surface area contributed by atoms with Crippen LogP contribution in [-0.2, 0) is 19.1 Å². The van der Waals surface area contributed by atoms with Gasteiger partial charge in [-0.3, -0.25) is 4.90 Å². The maximum Gasteiger partial charge on any atom is 0.336 e. The smallest absolute Gasteiger partial charge is 0.336 e. The average Bonchev–Trinajstić information content (AvgIpc) is 3.25. The van der Waals surface area contributed by atoms with E-state index in [1.165, 1.54) is 11.1 Å². The molecule has 2 aromatic rings. The number of benzene rings is 2. The topological polar surface area (TPSA) is 67.9 Å². The molecule has 2 aromatic carbocycles. The lowest BCUT2D eigenvalue weighted by Crippen LogP contribution is -2.37. The molecule has 0 aromatic heterocycles. The van der Waals surface area contributed by atoms with Gasteiger partial charge in [0, 0.05) is 43.2 Å². The molecule has 196 valence electrons. The number of carbonyl (C=O) groups is 2. The van der Waals surface area contributed by atoms with Gasteiger partial charge in [0.2, 0.25) is 0 Å². The van der Waals surface area contributed by atoms with Gasteiger partial charge in [-0.05, 0) is 51.8 Å². The van der Waals surface area contributed by atoms with Gasteiger partial charge in [-0.25, -0.2) is 9.59 Å². The van der Waals surface area contributed by atoms with Gasteiger partial charge in [0.25, 0.3) is 0 Å². The Hall–Kier alpha value is -3.38. The Morgan fingerprint density at radius 1 is 0.946 bits per heavy atom. The monoisotopic (exact) mass is 502 g/mol. The molecule has 1 fully saturated rings. The zero-order chi connectivity index (χ0) is 26.4. The molecule has 0 aliphatic carbocycles. The number of esters is 2. The van der Waals surface area contributed by atoms with E-state index in [2.05, 4.69) is 70.9 Å². The van der Waals surface area contributed by atoms with Gasteiger partial charge in [-0.15, -0.1) is 0 Å². The van der Waals surface area contributed by atoms with Gasteiger partial charge in [0.1, 0.15) is 5.60 Å². The van der Waals surface area contributed by atoms with Crippen LogP contribution in [0.3, 0.4) is 0 Å². The zero-order valence-corrected chi connectivity index (χ0v) is 22.4. The normalized spacial score (nSPS) is 20.2. The van der Waals surface area contributed by atoms with E-state index in [0.29, 0.717) is 30.2 Å². The lowest BCUT2D eigenvalue weighted by Gasteiger charge is -2.28. The molecule has 2 aliphatic heterocycles. The molecule has 4 rings (SSSR count). The molecule has 6 heteroatoms.